The van der Waals surface area contributed by atoms with E-state index in [1.165, 1.54) is 11.1 Å². The number of carbonyl (C=O) groups excluding carboxylic acids is 2. The van der Waals surface area contributed by atoms with E-state index in [0.717, 1.165) is 73.0 Å². The molecule has 5 atom stereocenters. The monoisotopic (exact) mass is 732 g/mol. The number of halogens is 1. The first-order valence-electron chi connectivity index (χ1n) is 18.3. The number of aryl methyl sites for hydroxylation is 4. The Balaban J connectivity index is 1.23. The first kappa shape index (κ1) is 35.9. The largest absolute Gasteiger partial charge is 0.490 e. The molecule has 51 heavy (non-hydrogen) atoms. The number of carbonyl (C=O) groups is 2. The molecule has 7 rings (SSSR count). The number of methoxy groups -OCH3 is 1. The minimum absolute atomic E-state index is 0.0231. The summed E-state index contributed by atoms with van der Waals surface area (Å²) in [5, 5.41) is 5.12. The summed E-state index contributed by atoms with van der Waals surface area (Å²) < 4.78 is 33.3. The third-order valence-corrected chi connectivity index (χ3v) is 13.9. The number of allylic oxidation sites excluding steroid dienone is 1. The van der Waals surface area contributed by atoms with E-state index in [1.54, 1.807) is 17.9 Å². The van der Waals surface area contributed by atoms with Gasteiger partial charge >= 0.3 is 0 Å². The van der Waals surface area contributed by atoms with Crippen LogP contribution in [0.2, 0.25) is 5.02 Å². The van der Waals surface area contributed by atoms with E-state index < -0.39 is 15.6 Å². The molecule has 9 nitrogen and oxygen atoms in total. The van der Waals surface area contributed by atoms with E-state index in [0.29, 0.717) is 43.3 Å². The van der Waals surface area contributed by atoms with Gasteiger partial charge in [-0.1, -0.05) is 29.8 Å². The van der Waals surface area contributed by atoms with Crippen molar-refractivity contribution in [1.82, 2.24) is 9.78 Å². The Morgan fingerprint density at radius 1 is 1.16 bits per heavy atom. The van der Waals surface area contributed by atoms with Crippen LogP contribution in [-0.4, -0.2) is 70.1 Å². The van der Waals surface area contributed by atoms with Crippen molar-refractivity contribution in [3.05, 3.63) is 87.7 Å². The number of nitrogens with zero attached hydrogens (tertiary/aromatic N) is 4. The molecule has 1 spiro atoms. The number of fused-ring (bicyclic) bond motifs is 4. The maximum absolute atomic E-state index is 14.4. The lowest BCUT2D eigenvalue weighted by atomic mass is 9.68. The summed E-state index contributed by atoms with van der Waals surface area (Å²) in [5.74, 6) is 0.685. The quantitative estimate of drug-likeness (QED) is 0.250. The molecule has 2 aromatic carbocycles. The van der Waals surface area contributed by atoms with Crippen LogP contribution < -0.4 is 9.64 Å². The maximum Gasteiger partial charge on any atom is 0.285 e. The van der Waals surface area contributed by atoms with Crippen LogP contribution in [0.25, 0.3) is 0 Å². The fourth-order valence-corrected chi connectivity index (χ4v) is 10.8. The maximum atomic E-state index is 14.4. The summed E-state index contributed by atoms with van der Waals surface area (Å²) in [5.41, 5.74) is 5.35. The fraction of sp³-hybridized carbons (Fsp3) is 0.525. The van der Waals surface area contributed by atoms with Gasteiger partial charge < -0.3 is 14.4 Å². The number of aromatic nitrogens is 2. The predicted molar refractivity (Wildman–Crippen MR) is 202 cm³/mol. The van der Waals surface area contributed by atoms with Crippen molar-refractivity contribution in [3.8, 4) is 5.75 Å². The molecule has 0 saturated heterocycles. The standard InChI is InChI=1S/C40H49ClN4O5S/c1-27-20-32(44(2)42-27)13-14-33(46)24-51(48)19-6-4-5-9-37(49-3)34-15-10-30(34)23-45-25-40(18-7-8-28-21-31(41)12-16-35(28)40)26-50-38-17-11-29(22-36(38)45)39(47)43-51/h5,9,11-12,16-17,20-22,30,34,37H,4,6-8,10,13-15,18-19,23-26H2,1-3H3/b9-5+/t30-,34+,37-,40-,51+/m0/s1. The van der Waals surface area contributed by atoms with Gasteiger partial charge in [-0.05, 0) is 118 Å². The van der Waals surface area contributed by atoms with E-state index >= 15 is 0 Å². The average Bonchev–Trinajstić information content (AvgIpc) is 3.33. The second-order valence-electron chi connectivity index (χ2n) is 15.0. The number of hydrogen-bond donors (Lipinski definition) is 0. The molecule has 11 heteroatoms. The second kappa shape index (κ2) is 14.9. The van der Waals surface area contributed by atoms with Crippen LogP contribution in [0.3, 0.4) is 0 Å². The van der Waals surface area contributed by atoms with Crippen LogP contribution >= 0.6 is 11.6 Å². The van der Waals surface area contributed by atoms with Gasteiger partial charge in [0, 0.05) is 61.1 Å². The number of rotatable bonds is 6. The lowest BCUT2D eigenvalue weighted by Crippen LogP contribution is -2.49. The van der Waals surface area contributed by atoms with Crippen molar-refractivity contribution in [2.75, 3.05) is 43.2 Å². The Morgan fingerprint density at radius 2 is 2.02 bits per heavy atom. The normalized spacial score (nSPS) is 28.4. The Kier molecular flexibility index (Phi) is 10.5. The zero-order valence-electron chi connectivity index (χ0n) is 29.9. The predicted octanol–water partition coefficient (Wildman–Crippen LogP) is 7.06. The highest BCUT2D eigenvalue weighted by molar-refractivity contribution is 7.94. The highest BCUT2D eigenvalue weighted by Crippen LogP contribution is 2.47. The topological polar surface area (TPSA) is 103 Å². The molecule has 2 aliphatic carbocycles. The molecular formula is C40H49ClN4O5S. The molecule has 3 aromatic rings. The van der Waals surface area contributed by atoms with Gasteiger partial charge in [-0.25, -0.2) is 4.21 Å². The van der Waals surface area contributed by atoms with E-state index in [4.69, 9.17) is 21.1 Å². The van der Waals surface area contributed by atoms with Crippen molar-refractivity contribution in [2.24, 2.45) is 23.2 Å². The molecular weight excluding hydrogens is 684 g/mol. The Bertz CT molecular complexity index is 1970. The summed E-state index contributed by atoms with van der Waals surface area (Å²) in [4.78, 5) is 29.6. The van der Waals surface area contributed by atoms with E-state index in [1.807, 2.05) is 38.2 Å². The highest BCUT2D eigenvalue weighted by Gasteiger charge is 2.44. The van der Waals surface area contributed by atoms with Gasteiger partial charge in [0.25, 0.3) is 5.91 Å². The van der Waals surface area contributed by atoms with E-state index in [2.05, 4.69) is 38.6 Å². The smallest absolute Gasteiger partial charge is 0.285 e. The van der Waals surface area contributed by atoms with Gasteiger partial charge in [-0.15, -0.1) is 0 Å². The summed E-state index contributed by atoms with van der Waals surface area (Å²) >= 11 is 6.46. The van der Waals surface area contributed by atoms with Crippen molar-refractivity contribution >= 4 is 38.7 Å². The molecule has 1 fully saturated rings. The molecule has 2 bridgehead atoms. The molecule has 0 radical (unpaired) electrons. The molecule has 272 valence electrons. The second-order valence-corrected chi connectivity index (χ2v) is 17.9. The Labute approximate surface area is 306 Å². The lowest BCUT2D eigenvalue weighted by molar-refractivity contribution is -0.116. The Morgan fingerprint density at radius 3 is 2.78 bits per heavy atom. The number of anilines is 1. The number of ether oxygens (including phenoxy) is 2. The van der Waals surface area contributed by atoms with Gasteiger partial charge in [0.1, 0.15) is 11.5 Å². The number of amides is 1. The molecule has 0 unspecified atom stereocenters. The minimum atomic E-state index is -3.17. The summed E-state index contributed by atoms with van der Waals surface area (Å²) in [7, 11) is 0.461. The van der Waals surface area contributed by atoms with Crippen molar-refractivity contribution < 1.29 is 23.3 Å². The molecule has 1 saturated carbocycles. The third kappa shape index (κ3) is 7.69. The van der Waals surface area contributed by atoms with Gasteiger partial charge in [-0.2, -0.15) is 9.46 Å². The molecule has 1 amide bonds. The molecule has 3 heterocycles. The van der Waals surface area contributed by atoms with E-state index in [-0.39, 0.29) is 35.2 Å². The summed E-state index contributed by atoms with van der Waals surface area (Å²) in [6.45, 7) is 3.97. The highest BCUT2D eigenvalue weighted by atomic mass is 35.5. The van der Waals surface area contributed by atoms with Gasteiger partial charge in [-0.3, -0.25) is 14.3 Å². The number of benzene rings is 2. The van der Waals surface area contributed by atoms with Crippen molar-refractivity contribution in [3.63, 3.8) is 0 Å². The molecule has 2 aliphatic heterocycles. The molecule has 0 N–H and O–H groups in total. The van der Waals surface area contributed by atoms with Gasteiger partial charge in [0.15, 0.2) is 0 Å². The Hall–Kier alpha value is -3.47. The average molecular weight is 733 g/mol. The van der Waals surface area contributed by atoms with Crippen LogP contribution in [0.4, 0.5) is 5.69 Å². The summed E-state index contributed by atoms with van der Waals surface area (Å²) in [6, 6.07) is 13.7. The fourth-order valence-electron chi connectivity index (χ4n) is 8.68. The number of ketones is 1. The van der Waals surface area contributed by atoms with Crippen LogP contribution in [-0.2, 0) is 44.6 Å². The minimum Gasteiger partial charge on any atom is -0.490 e. The lowest BCUT2D eigenvalue weighted by Gasteiger charge is -2.46. The summed E-state index contributed by atoms with van der Waals surface area (Å²) in [6.07, 6.45) is 11.3. The van der Waals surface area contributed by atoms with Gasteiger partial charge in [0.05, 0.1) is 39.6 Å². The van der Waals surface area contributed by atoms with Crippen LogP contribution in [0.1, 0.15) is 77.8 Å². The molecule has 4 aliphatic rings. The van der Waals surface area contributed by atoms with Crippen molar-refractivity contribution in [2.45, 2.75) is 76.2 Å². The van der Waals surface area contributed by atoms with Crippen LogP contribution in [0, 0.1) is 18.8 Å². The zero-order valence-corrected chi connectivity index (χ0v) is 31.5. The first-order valence-corrected chi connectivity index (χ1v) is 20.6. The van der Waals surface area contributed by atoms with Gasteiger partial charge in [0.2, 0.25) is 0 Å². The van der Waals surface area contributed by atoms with E-state index in [9.17, 15) is 13.8 Å². The number of Topliss-reactive ketones (excluding diaryl/α,β-unsaturated/α-hetero) is 1. The first-order chi connectivity index (χ1) is 24.5. The van der Waals surface area contributed by atoms with Crippen LogP contribution in [0.15, 0.2) is 59.0 Å². The SMILES string of the molecule is CO[C@H]1/C=C/CCC[S@@](=O)(CC(=O)CCc2cc(C)nn2C)=NC(=O)c2ccc3c(c2)N(C[C@@H]2CC[C@H]21)C[C@@]1(CCCc2cc(Cl)ccc21)CO3. The van der Waals surface area contributed by atoms with Crippen molar-refractivity contribution in [1.29, 1.82) is 0 Å². The van der Waals surface area contributed by atoms with Crippen LogP contribution in [0.5, 0.6) is 5.75 Å². The third-order valence-electron chi connectivity index (χ3n) is 11.5. The molecule has 1 aromatic heterocycles. The zero-order chi connectivity index (χ0) is 35.8. The number of hydrogen-bond acceptors (Lipinski definition) is 7.